The smallest absolute Gasteiger partial charge is 0.356 e. The third-order valence-electron chi connectivity index (χ3n) is 6.73. The van der Waals surface area contributed by atoms with Gasteiger partial charge in [-0.25, -0.2) is 18.2 Å². The van der Waals surface area contributed by atoms with Gasteiger partial charge in [-0.3, -0.25) is 0 Å². The van der Waals surface area contributed by atoms with Gasteiger partial charge in [0.1, 0.15) is 40.2 Å². The van der Waals surface area contributed by atoms with Crippen molar-refractivity contribution < 1.29 is 27.2 Å². The molecule has 0 aliphatic carbocycles. The van der Waals surface area contributed by atoms with Gasteiger partial charge in [-0.2, -0.15) is 0 Å². The molecule has 8 nitrogen and oxygen atoms in total. The highest BCUT2D eigenvalue weighted by Crippen LogP contribution is 2.33. The first-order chi connectivity index (χ1) is 20.7. The normalized spacial score (nSPS) is 11.5. The zero-order chi connectivity index (χ0) is 30.6. The number of aryl methyl sites for hydroxylation is 1. The lowest BCUT2D eigenvalue weighted by molar-refractivity contribution is 0.0520. The molecule has 0 spiro atoms. The lowest BCUT2D eigenvalue weighted by Crippen LogP contribution is -2.10. The van der Waals surface area contributed by atoms with Crippen molar-refractivity contribution in [2.75, 3.05) is 6.61 Å². The van der Waals surface area contributed by atoms with Gasteiger partial charge in [0.25, 0.3) is 0 Å². The molecule has 43 heavy (non-hydrogen) atoms. The number of carbonyl (C=O) groups is 1. The molecule has 0 bridgehead atoms. The highest BCUT2D eigenvalue weighted by atomic mass is 35.5. The Balaban J connectivity index is 1.33. The number of nitrogens with zero attached hydrogens (tertiary/aromatic N) is 2. The molecule has 11 heteroatoms. The van der Waals surface area contributed by atoms with Gasteiger partial charge in [-0.1, -0.05) is 65.6 Å². The summed E-state index contributed by atoms with van der Waals surface area (Å²) >= 11 is 12.4. The van der Waals surface area contributed by atoms with Crippen molar-refractivity contribution in [1.82, 2.24) is 10.1 Å². The van der Waals surface area contributed by atoms with Crippen LogP contribution in [0.1, 0.15) is 47.8 Å². The van der Waals surface area contributed by atoms with Gasteiger partial charge >= 0.3 is 5.97 Å². The van der Waals surface area contributed by atoms with E-state index in [-0.39, 0.29) is 39.5 Å². The van der Waals surface area contributed by atoms with E-state index >= 15 is 0 Å². The van der Waals surface area contributed by atoms with Crippen LogP contribution >= 0.6 is 23.2 Å². The van der Waals surface area contributed by atoms with Gasteiger partial charge in [0.05, 0.1) is 27.7 Å². The Labute approximate surface area is 259 Å². The number of benzene rings is 3. The molecular weight excluding hydrogens is 611 g/mol. The first-order valence-corrected chi connectivity index (χ1v) is 16.0. The van der Waals surface area contributed by atoms with Crippen LogP contribution < -0.4 is 4.74 Å². The number of fused-ring (bicyclic) bond motifs is 1. The fraction of sp³-hybridized carbons (Fsp3) is 0.219. The van der Waals surface area contributed by atoms with E-state index in [0.717, 1.165) is 22.9 Å². The molecule has 0 amide bonds. The van der Waals surface area contributed by atoms with Crippen LogP contribution in [-0.4, -0.2) is 31.1 Å². The van der Waals surface area contributed by atoms with Crippen molar-refractivity contribution in [3.05, 3.63) is 106 Å². The van der Waals surface area contributed by atoms with Gasteiger partial charge in [0.2, 0.25) is 0 Å². The van der Waals surface area contributed by atoms with E-state index in [2.05, 4.69) is 10.1 Å². The van der Waals surface area contributed by atoms with E-state index in [4.69, 9.17) is 37.2 Å². The molecule has 0 aliphatic heterocycles. The molecule has 222 valence electrons. The molecule has 0 atom stereocenters. The molecule has 3 aromatic carbocycles. The van der Waals surface area contributed by atoms with E-state index in [9.17, 15) is 13.2 Å². The van der Waals surface area contributed by atoms with Crippen LogP contribution in [-0.2, 0) is 33.4 Å². The second-order valence-corrected chi connectivity index (χ2v) is 12.5. The van der Waals surface area contributed by atoms with Crippen LogP contribution in [0.15, 0.2) is 82.2 Å². The Hall–Kier alpha value is -3.92. The van der Waals surface area contributed by atoms with Gasteiger partial charge in [0, 0.05) is 11.8 Å². The monoisotopic (exact) mass is 638 g/mol. The summed E-state index contributed by atoms with van der Waals surface area (Å²) in [4.78, 5) is 16.3. The zero-order valence-corrected chi connectivity index (χ0v) is 25.8. The molecule has 0 aliphatic rings. The van der Waals surface area contributed by atoms with Crippen LogP contribution in [0.2, 0.25) is 10.0 Å². The molecule has 0 saturated carbocycles. The summed E-state index contributed by atoms with van der Waals surface area (Å²) in [6.07, 6.45) is 1.36. The second kappa shape index (κ2) is 13.2. The largest absolute Gasteiger partial charge is 0.489 e. The topological polar surface area (TPSA) is 109 Å². The van der Waals surface area contributed by atoms with Gasteiger partial charge < -0.3 is 14.0 Å². The number of pyridine rings is 1. The lowest BCUT2D eigenvalue weighted by atomic mass is 10.0. The molecule has 2 aromatic heterocycles. The quantitative estimate of drug-likeness (QED) is 0.134. The summed E-state index contributed by atoms with van der Waals surface area (Å²) < 4.78 is 43.1. The van der Waals surface area contributed by atoms with Crippen molar-refractivity contribution in [2.45, 2.75) is 43.9 Å². The highest BCUT2D eigenvalue weighted by molar-refractivity contribution is 7.90. The summed E-state index contributed by atoms with van der Waals surface area (Å²) in [6.45, 7) is 4.11. The van der Waals surface area contributed by atoms with Crippen LogP contribution in [0.4, 0.5) is 0 Å². The zero-order valence-electron chi connectivity index (χ0n) is 23.5. The van der Waals surface area contributed by atoms with Crippen LogP contribution in [0.25, 0.3) is 22.0 Å². The van der Waals surface area contributed by atoms with E-state index < -0.39 is 21.6 Å². The van der Waals surface area contributed by atoms with Crippen molar-refractivity contribution >= 4 is 49.9 Å². The SMILES string of the molecule is CCCc1onc(CS(=O)(=O)c2c(Cl)cccc2Cl)c1COc1ccc(-c2ccc3nc(C(=O)OCC)ccc3c2)cc1. The molecule has 0 unspecified atom stereocenters. The van der Waals surface area contributed by atoms with E-state index in [1.54, 1.807) is 19.1 Å². The third kappa shape index (κ3) is 6.85. The second-order valence-electron chi connectivity index (χ2n) is 9.73. The molecular formula is C32H28Cl2N2O6S. The van der Waals surface area contributed by atoms with Gasteiger partial charge in [0.15, 0.2) is 9.84 Å². The lowest BCUT2D eigenvalue weighted by Gasteiger charge is -2.10. The number of hydrogen-bond acceptors (Lipinski definition) is 8. The predicted molar refractivity (Wildman–Crippen MR) is 165 cm³/mol. The fourth-order valence-corrected chi connectivity index (χ4v) is 7.20. The average molecular weight is 640 g/mol. The van der Waals surface area contributed by atoms with Crippen molar-refractivity contribution in [2.24, 2.45) is 0 Å². The maximum Gasteiger partial charge on any atom is 0.356 e. The minimum atomic E-state index is -3.91. The average Bonchev–Trinajstić information content (AvgIpc) is 3.35. The summed E-state index contributed by atoms with van der Waals surface area (Å²) in [5, 5.41) is 5.06. The third-order valence-corrected chi connectivity index (χ3v) is 9.30. The number of hydrogen-bond donors (Lipinski definition) is 0. The predicted octanol–water partition coefficient (Wildman–Crippen LogP) is 7.88. The maximum atomic E-state index is 13.2. The Bertz CT molecular complexity index is 1870. The molecule has 5 aromatic rings. The Kier molecular flexibility index (Phi) is 9.34. The molecule has 0 saturated heterocycles. The molecule has 0 N–H and O–H groups in total. The number of sulfone groups is 1. The van der Waals surface area contributed by atoms with Gasteiger partial charge in [-0.15, -0.1) is 0 Å². The summed E-state index contributed by atoms with van der Waals surface area (Å²) in [5.74, 6) is 0.289. The number of ether oxygens (including phenoxy) is 2. The first kappa shape index (κ1) is 30.5. The first-order valence-electron chi connectivity index (χ1n) is 13.6. The number of rotatable bonds is 11. The van der Waals surface area contributed by atoms with E-state index in [0.29, 0.717) is 29.0 Å². The number of esters is 1. The molecule has 0 radical (unpaired) electrons. The number of carbonyl (C=O) groups excluding carboxylic acids is 1. The fourth-order valence-electron chi connectivity index (χ4n) is 4.64. The number of aromatic nitrogens is 2. The highest BCUT2D eigenvalue weighted by Gasteiger charge is 2.27. The van der Waals surface area contributed by atoms with Crippen LogP contribution in [0.3, 0.4) is 0 Å². The molecule has 0 fully saturated rings. The van der Waals surface area contributed by atoms with Gasteiger partial charge in [-0.05, 0) is 66.9 Å². The Morgan fingerprint density at radius 2 is 1.65 bits per heavy atom. The number of halogens is 2. The molecule has 5 rings (SSSR count). The summed E-state index contributed by atoms with van der Waals surface area (Å²) in [5.41, 5.74) is 3.74. The van der Waals surface area contributed by atoms with Crippen molar-refractivity contribution in [3.8, 4) is 16.9 Å². The van der Waals surface area contributed by atoms with Crippen molar-refractivity contribution in [1.29, 1.82) is 0 Å². The standard InChI is InChI=1S/C32H28Cl2N2O6S/c1-3-6-30-24(29(36-42-30)19-43(38,39)31-25(33)7-5-8-26(31)34)18-41-23-13-9-20(10-14-23)21-11-15-27-22(17-21)12-16-28(35-27)32(37)40-4-2/h5,7-17H,3-4,6,18-19H2,1-2H3. The van der Waals surface area contributed by atoms with E-state index in [1.807, 2.05) is 55.5 Å². The summed E-state index contributed by atoms with van der Waals surface area (Å²) in [7, 11) is -3.91. The molecule has 2 heterocycles. The Morgan fingerprint density at radius 3 is 2.35 bits per heavy atom. The summed E-state index contributed by atoms with van der Waals surface area (Å²) in [6, 6.07) is 21.4. The maximum absolute atomic E-state index is 13.2. The van der Waals surface area contributed by atoms with E-state index in [1.165, 1.54) is 12.1 Å². The minimum absolute atomic E-state index is 0.0479. The van der Waals surface area contributed by atoms with Crippen LogP contribution in [0.5, 0.6) is 5.75 Å². The van der Waals surface area contributed by atoms with Crippen molar-refractivity contribution in [3.63, 3.8) is 0 Å². The minimum Gasteiger partial charge on any atom is -0.489 e. The Morgan fingerprint density at radius 1 is 0.930 bits per heavy atom. The van der Waals surface area contributed by atoms with Crippen LogP contribution in [0, 0.1) is 0 Å².